The molecule has 0 bridgehead atoms. The highest BCUT2D eigenvalue weighted by molar-refractivity contribution is 9.10. The summed E-state index contributed by atoms with van der Waals surface area (Å²) in [7, 11) is 0. The van der Waals surface area contributed by atoms with Crippen molar-refractivity contribution in [3.8, 4) is 11.3 Å². The van der Waals surface area contributed by atoms with Gasteiger partial charge in [0.1, 0.15) is 11.5 Å². The van der Waals surface area contributed by atoms with Crippen LogP contribution in [-0.2, 0) is 9.53 Å². The topological polar surface area (TPSA) is 94.9 Å². The average molecular weight is 439 g/mol. The van der Waals surface area contributed by atoms with Gasteiger partial charge in [0.05, 0.1) is 4.92 Å². The van der Waals surface area contributed by atoms with Gasteiger partial charge in [0, 0.05) is 33.8 Å². The zero-order valence-electron chi connectivity index (χ0n) is 14.2. The molecule has 0 spiro atoms. The lowest BCUT2D eigenvalue weighted by Crippen LogP contribution is -2.05. The van der Waals surface area contributed by atoms with Crippen LogP contribution in [0.5, 0.6) is 0 Å². The molecule has 8 heteroatoms. The second-order valence-electron chi connectivity index (χ2n) is 5.86. The van der Waals surface area contributed by atoms with Crippen molar-refractivity contribution >= 4 is 39.6 Å². The Labute approximate surface area is 167 Å². The molecule has 7 nitrogen and oxygen atoms in total. The molecular formula is C20H11BrN2O5. The van der Waals surface area contributed by atoms with Crippen molar-refractivity contribution in [2.24, 2.45) is 4.99 Å². The average Bonchev–Trinajstić information content (AvgIpc) is 3.29. The Morgan fingerprint density at radius 1 is 1.04 bits per heavy atom. The first-order valence-electron chi connectivity index (χ1n) is 8.13. The van der Waals surface area contributed by atoms with Crippen molar-refractivity contribution in [3.63, 3.8) is 0 Å². The summed E-state index contributed by atoms with van der Waals surface area (Å²) in [5, 5.41) is 10.9. The summed E-state index contributed by atoms with van der Waals surface area (Å²) in [5.74, 6) is 0.456. The molecule has 0 saturated heterocycles. The third-order valence-electron chi connectivity index (χ3n) is 3.94. The number of cyclic esters (lactones) is 1. The smallest absolute Gasteiger partial charge is 0.363 e. The number of nitrogens with zero attached hydrogens (tertiary/aromatic N) is 2. The van der Waals surface area contributed by atoms with Gasteiger partial charge in [-0.2, -0.15) is 0 Å². The van der Waals surface area contributed by atoms with Gasteiger partial charge in [-0.15, -0.1) is 0 Å². The minimum atomic E-state index is -0.580. The van der Waals surface area contributed by atoms with E-state index in [9.17, 15) is 14.9 Å². The molecule has 2 aromatic carbocycles. The largest absolute Gasteiger partial charge is 0.457 e. The molecule has 2 heterocycles. The number of nitro benzene ring substituents is 1. The van der Waals surface area contributed by atoms with E-state index < -0.39 is 10.9 Å². The van der Waals surface area contributed by atoms with Crippen LogP contribution in [0.4, 0.5) is 5.69 Å². The van der Waals surface area contributed by atoms with E-state index >= 15 is 0 Å². The van der Waals surface area contributed by atoms with Crippen molar-refractivity contribution in [3.05, 3.63) is 92.3 Å². The van der Waals surface area contributed by atoms with E-state index in [0.717, 1.165) is 4.47 Å². The molecular weight excluding hydrogens is 428 g/mol. The number of carbonyl (C=O) groups excluding carboxylic acids is 1. The van der Waals surface area contributed by atoms with Gasteiger partial charge >= 0.3 is 5.97 Å². The highest BCUT2D eigenvalue weighted by atomic mass is 79.9. The zero-order valence-corrected chi connectivity index (χ0v) is 15.8. The third-order valence-corrected chi connectivity index (χ3v) is 4.43. The van der Waals surface area contributed by atoms with E-state index in [-0.39, 0.29) is 17.3 Å². The van der Waals surface area contributed by atoms with Crippen LogP contribution in [0.3, 0.4) is 0 Å². The molecule has 1 aliphatic rings. The van der Waals surface area contributed by atoms with Crippen molar-refractivity contribution in [1.82, 2.24) is 0 Å². The Morgan fingerprint density at radius 2 is 1.82 bits per heavy atom. The van der Waals surface area contributed by atoms with Crippen molar-refractivity contribution in [2.45, 2.75) is 0 Å². The normalized spacial score (nSPS) is 14.8. The molecule has 0 atom stereocenters. The van der Waals surface area contributed by atoms with Gasteiger partial charge in [0.25, 0.3) is 5.69 Å². The fourth-order valence-electron chi connectivity index (χ4n) is 2.65. The summed E-state index contributed by atoms with van der Waals surface area (Å²) >= 11 is 3.36. The number of benzene rings is 2. The van der Waals surface area contributed by atoms with Gasteiger partial charge < -0.3 is 9.15 Å². The van der Waals surface area contributed by atoms with Crippen LogP contribution in [0, 0.1) is 10.1 Å². The number of rotatable bonds is 4. The van der Waals surface area contributed by atoms with Crippen molar-refractivity contribution in [2.75, 3.05) is 0 Å². The predicted octanol–water partition coefficient (Wildman–Crippen LogP) is 4.96. The number of non-ortho nitro benzene ring substituents is 1. The van der Waals surface area contributed by atoms with E-state index in [4.69, 9.17) is 9.15 Å². The molecule has 1 aromatic heterocycles. The van der Waals surface area contributed by atoms with E-state index in [2.05, 4.69) is 20.9 Å². The standard InChI is InChI=1S/C20H11BrN2O5/c21-14-5-1-4-13(9-14)19-22-17(20(24)28-19)11-16-7-8-18(27-16)12-3-2-6-15(10-12)23(25)26/h1-11H/b17-11-. The molecule has 28 heavy (non-hydrogen) atoms. The maximum atomic E-state index is 12.1. The van der Waals surface area contributed by atoms with Crippen LogP contribution >= 0.6 is 15.9 Å². The van der Waals surface area contributed by atoms with E-state index in [1.165, 1.54) is 18.2 Å². The molecule has 0 unspecified atom stereocenters. The van der Waals surface area contributed by atoms with E-state index in [1.54, 1.807) is 36.4 Å². The maximum absolute atomic E-state index is 12.1. The molecule has 0 fully saturated rings. The van der Waals surface area contributed by atoms with Gasteiger partial charge in [-0.25, -0.2) is 9.79 Å². The Hall–Kier alpha value is -3.52. The number of carbonyl (C=O) groups is 1. The molecule has 0 radical (unpaired) electrons. The Bertz CT molecular complexity index is 1160. The summed E-state index contributed by atoms with van der Waals surface area (Å²) in [6, 6.07) is 16.7. The number of aliphatic imine (C=N–C) groups is 1. The van der Waals surface area contributed by atoms with Crippen LogP contribution in [0.2, 0.25) is 0 Å². The fourth-order valence-corrected chi connectivity index (χ4v) is 3.05. The summed E-state index contributed by atoms with van der Waals surface area (Å²) in [6.45, 7) is 0. The number of hydrogen-bond donors (Lipinski definition) is 0. The molecule has 4 rings (SSSR count). The molecule has 1 aliphatic heterocycles. The predicted molar refractivity (Wildman–Crippen MR) is 106 cm³/mol. The lowest BCUT2D eigenvalue weighted by Gasteiger charge is -1.99. The van der Waals surface area contributed by atoms with Gasteiger partial charge in [0.2, 0.25) is 5.90 Å². The third kappa shape index (κ3) is 3.63. The first kappa shape index (κ1) is 17.9. The summed E-state index contributed by atoms with van der Waals surface area (Å²) in [4.78, 5) is 26.8. The molecule has 0 aliphatic carbocycles. The number of esters is 1. The summed E-state index contributed by atoms with van der Waals surface area (Å²) in [5.41, 5.74) is 1.31. The van der Waals surface area contributed by atoms with Crippen molar-refractivity contribution < 1.29 is 18.9 Å². The van der Waals surface area contributed by atoms with Crippen LogP contribution in [0.15, 0.2) is 80.2 Å². The Morgan fingerprint density at radius 3 is 2.61 bits per heavy atom. The highest BCUT2D eigenvalue weighted by Gasteiger charge is 2.24. The minimum absolute atomic E-state index is 0.0311. The van der Waals surface area contributed by atoms with E-state index in [0.29, 0.717) is 22.6 Å². The summed E-state index contributed by atoms with van der Waals surface area (Å²) in [6.07, 6.45) is 1.47. The van der Waals surface area contributed by atoms with Crippen LogP contribution in [0.1, 0.15) is 11.3 Å². The Kier molecular flexibility index (Phi) is 4.62. The van der Waals surface area contributed by atoms with Gasteiger partial charge in [-0.1, -0.05) is 34.1 Å². The lowest BCUT2D eigenvalue weighted by molar-refractivity contribution is -0.384. The van der Waals surface area contributed by atoms with Crippen LogP contribution in [-0.4, -0.2) is 16.8 Å². The van der Waals surface area contributed by atoms with Crippen molar-refractivity contribution in [1.29, 1.82) is 0 Å². The Balaban J connectivity index is 1.62. The fraction of sp³-hybridized carbons (Fsp3) is 0. The maximum Gasteiger partial charge on any atom is 0.363 e. The number of furan rings is 1. The number of nitro groups is 1. The monoisotopic (exact) mass is 438 g/mol. The second kappa shape index (κ2) is 7.24. The van der Waals surface area contributed by atoms with Gasteiger partial charge in [-0.05, 0) is 30.3 Å². The molecule has 138 valence electrons. The number of ether oxygens (including phenoxy) is 1. The lowest BCUT2D eigenvalue weighted by atomic mass is 10.1. The van der Waals surface area contributed by atoms with Gasteiger partial charge in [-0.3, -0.25) is 10.1 Å². The summed E-state index contributed by atoms with van der Waals surface area (Å²) < 4.78 is 11.8. The zero-order chi connectivity index (χ0) is 19.7. The van der Waals surface area contributed by atoms with E-state index in [1.807, 2.05) is 12.1 Å². The minimum Gasteiger partial charge on any atom is -0.457 e. The second-order valence-corrected chi connectivity index (χ2v) is 6.77. The SMILES string of the molecule is O=C1OC(c2cccc(Br)c2)=N/C1=C\c1ccc(-c2cccc([N+](=O)[O-])c2)o1. The highest BCUT2D eigenvalue weighted by Crippen LogP contribution is 2.27. The molecule has 0 amide bonds. The molecule has 0 N–H and O–H groups in total. The number of halogens is 1. The quantitative estimate of drug-likeness (QED) is 0.248. The molecule has 0 saturated carbocycles. The first-order valence-corrected chi connectivity index (χ1v) is 8.92. The van der Waals surface area contributed by atoms with Crippen LogP contribution < -0.4 is 0 Å². The van der Waals surface area contributed by atoms with Crippen LogP contribution in [0.25, 0.3) is 17.4 Å². The first-order chi connectivity index (χ1) is 13.5. The number of hydrogen-bond acceptors (Lipinski definition) is 6. The molecule has 3 aromatic rings. The van der Waals surface area contributed by atoms with Gasteiger partial charge in [0.15, 0.2) is 5.70 Å².